The Hall–Kier alpha value is -0.780. The van der Waals surface area contributed by atoms with Crippen molar-refractivity contribution in [2.75, 3.05) is 11.5 Å². The summed E-state index contributed by atoms with van der Waals surface area (Å²) in [6.45, 7) is 0. The Kier molecular flexibility index (Phi) is 3.04. The monoisotopic (exact) mass is 301 g/mol. The third kappa shape index (κ3) is 2.47. The Morgan fingerprint density at radius 1 is 1.32 bits per heavy atom. The maximum Gasteiger partial charge on any atom is 0.150 e. The van der Waals surface area contributed by atoms with Crippen LogP contribution in [0.4, 0.5) is 0 Å². The van der Waals surface area contributed by atoms with Crippen LogP contribution < -0.4 is 10.5 Å². The molecule has 4 nitrogen and oxygen atoms in total. The number of benzene rings is 1. The molecule has 3 rings (SSSR count). The highest BCUT2D eigenvalue weighted by atomic mass is 35.5. The average Bonchev–Trinajstić information content (AvgIpc) is 2.35. The molecular weight excluding hydrogens is 286 g/mol. The highest BCUT2D eigenvalue weighted by Gasteiger charge is 2.44. The fraction of sp³-hybridized carbons (Fsp3) is 0.538. The number of ether oxygens (including phenoxy) is 1. The summed E-state index contributed by atoms with van der Waals surface area (Å²) in [5.41, 5.74) is 6.68. The van der Waals surface area contributed by atoms with E-state index in [1.54, 1.807) is 6.07 Å². The van der Waals surface area contributed by atoms with Gasteiger partial charge in [-0.15, -0.1) is 0 Å². The molecule has 1 fully saturated rings. The van der Waals surface area contributed by atoms with E-state index in [2.05, 4.69) is 0 Å². The molecule has 19 heavy (non-hydrogen) atoms. The van der Waals surface area contributed by atoms with E-state index in [0.29, 0.717) is 24.3 Å². The molecule has 0 saturated carbocycles. The normalized spacial score (nSPS) is 27.6. The standard InChI is InChI=1S/C13H16ClNO3S/c14-9-1-2-12-10(7-9)11(15)8-13(18-12)3-5-19(16,17)6-4-13/h1-2,7,11H,3-6,8,15H2/t11-/m0/s1. The lowest BCUT2D eigenvalue weighted by atomic mass is 9.83. The van der Waals surface area contributed by atoms with Crippen LogP contribution in [0.25, 0.3) is 0 Å². The van der Waals surface area contributed by atoms with Gasteiger partial charge >= 0.3 is 0 Å². The van der Waals surface area contributed by atoms with E-state index < -0.39 is 15.4 Å². The zero-order valence-electron chi connectivity index (χ0n) is 10.4. The predicted molar refractivity (Wildman–Crippen MR) is 74.2 cm³/mol. The van der Waals surface area contributed by atoms with E-state index >= 15 is 0 Å². The fourth-order valence-electron chi connectivity index (χ4n) is 2.90. The first-order valence-corrected chi connectivity index (χ1v) is 8.54. The topological polar surface area (TPSA) is 69.4 Å². The van der Waals surface area contributed by atoms with Crippen molar-refractivity contribution in [2.45, 2.75) is 30.9 Å². The first-order valence-electron chi connectivity index (χ1n) is 6.34. The summed E-state index contributed by atoms with van der Waals surface area (Å²) in [7, 11) is -2.90. The van der Waals surface area contributed by atoms with Gasteiger partial charge in [-0.05, 0) is 18.2 Å². The Balaban J connectivity index is 1.91. The molecule has 0 unspecified atom stereocenters. The quantitative estimate of drug-likeness (QED) is 0.796. The van der Waals surface area contributed by atoms with Gasteiger partial charge in [-0.1, -0.05) is 11.6 Å². The molecule has 2 aliphatic heterocycles. The maximum absolute atomic E-state index is 11.5. The number of rotatable bonds is 0. The highest BCUT2D eigenvalue weighted by Crippen LogP contribution is 2.44. The molecule has 2 heterocycles. The smallest absolute Gasteiger partial charge is 0.150 e. The molecule has 2 aliphatic rings. The second kappa shape index (κ2) is 4.36. The number of hydrogen-bond donors (Lipinski definition) is 1. The lowest BCUT2D eigenvalue weighted by molar-refractivity contribution is 0.0264. The summed E-state index contributed by atoms with van der Waals surface area (Å²) in [6.07, 6.45) is 1.69. The third-order valence-corrected chi connectivity index (χ3v) is 5.91. The zero-order chi connectivity index (χ0) is 13.7. The van der Waals surface area contributed by atoms with Gasteiger partial charge in [0.2, 0.25) is 0 Å². The van der Waals surface area contributed by atoms with Crippen LogP contribution >= 0.6 is 11.6 Å². The Labute approximate surface area is 117 Å². The molecule has 104 valence electrons. The third-order valence-electron chi connectivity index (χ3n) is 4.03. The van der Waals surface area contributed by atoms with Gasteiger partial charge < -0.3 is 10.5 Å². The Morgan fingerprint density at radius 2 is 2.00 bits per heavy atom. The maximum atomic E-state index is 11.5. The van der Waals surface area contributed by atoms with Gasteiger partial charge in [0.15, 0.2) is 9.84 Å². The van der Waals surface area contributed by atoms with Gasteiger partial charge in [0.25, 0.3) is 0 Å². The molecule has 1 saturated heterocycles. The van der Waals surface area contributed by atoms with Crippen molar-refractivity contribution in [3.63, 3.8) is 0 Å². The number of halogens is 1. The van der Waals surface area contributed by atoms with Gasteiger partial charge in [0, 0.05) is 35.9 Å². The predicted octanol–water partition coefficient (Wildman–Crippen LogP) is 2.07. The van der Waals surface area contributed by atoms with E-state index in [9.17, 15) is 8.42 Å². The highest BCUT2D eigenvalue weighted by molar-refractivity contribution is 7.91. The molecule has 2 N–H and O–H groups in total. The van der Waals surface area contributed by atoms with Gasteiger partial charge in [-0.25, -0.2) is 8.42 Å². The minimum absolute atomic E-state index is 0.150. The van der Waals surface area contributed by atoms with Crippen molar-refractivity contribution in [2.24, 2.45) is 5.73 Å². The van der Waals surface area contributed by atoms with Crippen LogP contribution in [-0.4, -0.2) is 25.5 Å². The second-order valence-electron chi connectivity index (χ2n) is 5.43. The molecule has 1 aromatic carbocycles. The molecule has 0 bridgehead atoms. The summed E-state index contributed by atoms with van der Waals surface area (Å²) in [4.78, 5) is 0. The van der Waals surface area contributed by atoms with E-state index in [1.165, 1.54) is 0 Å². The van der Waals surface area contributed by atoms with Crippen molar-refractivity contribution >= 4 is 21.4 Å². The van der Waals surface area contributed by atoms with Crippen LogP contribution in [0.5, 0.6) is 5.75 Å². The van der Waals surface area contributed by atoms with Crippen LogP contribution in [0.1, 0.15) is 30.9 Å². The molecule has 0 radical (unpaired) electrons. The largest absolute Gasteiger partial charge is 0.487 e. The van der Waals surface area contributed by atoms with E-state index in [0.717, 1.165) is 11.3 Å². The fourth-order valence-corrected chi connectivity index (χ4v) is 4.65. The summed E-state index contributed by atoms with van der Waals surface area (Å²) in [6, 6.07) is 5.27. The van der Waals surface area contributed by atoms with E-state index in [4.69, 9.17) is 22.1 Å². The van der Waals surface area contributed by atoms with Crippen molar-refractivity contribution in [1.29, 1.82) is 0 Å². The van der Waals surface area contributed by atoms with Crippen molar-refractivity contribution < 1.29 is 13.2 Å². The van der Waals surface area contributed by atoms with Gasteiger partial charge in [-0.2, -0.15) is 0 Å². The van der Waals surface area contributed by atoms with Gasteiger partial charge in [0.05, 0.1) is 11.5 Å². The minimum Gasteiger partial charge on any atom is -0.487 e. The molecule has 1 atom stereocenters. The number of fused-ring (bicyclic) bond motifs is 1. The zero-order valence-corrected chi connectivity index (χ0v) is 12.0. The van der Waals surface area contributed by atoms with E-state index in [1.807, 2.05) is 12.1 Å². The van der Waals surface area contributed by atoms with Crippen LogP contribution in [0, 0.1) is 0 Å². The van der Waals surface area contributed by atoms with Gasteiger partial charge in [-0.3, -0.25) is 0 Å². The van der Waals surface area contributed by atoms with Crippen LogP contribution in [0.2, 0.25) is 5.02 Å². The SMILES string of the molecule is N[C@H]1CC2(CCS(=O)(=O)CC2)Oc2ccc(Cl)cc21. The molecule has 0 aliphatic carbocycles. The second-order valence-corrected chi connectivity index (χ2v) is 8.17. The number of nitrogens with two attached hydrogens (primary N) is 1. The summed E-state index contributed by atoms with van der Waals surface area (Å²) < 4.78 is 29.2. The van der Waals surface area contributed by atoms with Crippen LogP contribution in [0.15, 0.2) is 18.2 Å². The summed E-state index contributed by atoms with van der Waals surface area (Å²) >= 11 is 5.97. The first-order chi connectivity index (χ1) is 8.89. The molecule has 6 heteroatoms. The Bertz CT molecular complexity index is 600. The number of sulfone groups is 1. The van der Waals surface area contributed by atoms with Crippen molar-refractivity contribution in [3.05, 3.63) is 28.8 Å². The van der Waals surface area contributed by atoms with E-state index in [-0.39, 0.29) is 17.5 Å². The molecule has 1 spiro atoms. The van der Waals surface area contributed by atoms with Crippen LogP contribution in [0.3, 0.4) is 0 Å². The van der Waals surface area contributed by atoms with Crippen molar-refractivity contribution in [3.8, 4) is 5.75 Å². The molecule has 1 aromatic rings. The van der Waals surface area contributed by atoms with Gasteiger partial charge in [0.1, 0.15) is 11.4 Å². The van der Waals surface area contributed by atoms with Crippen LogP contribution in [-0.2, 0) is 9.84 Å². The lowest BCUT2D eigenvalue weighted by Crippen LogP contribution is -2.48. The number of hydrogen-bond acceptors (Lipinski definition) is 4. The first kappa shape index (κ1) is 13.2. The summed E-state index contributed by atoms with van der Waals surface area (Å²) in [5.74, 6) is 1.10. The molecule has 0 aromatic heterocycles. The Morgan fingerprint density at radius 3 is 2.68 bits per heavy atom. The lowest BCUT2D eigenvalue weighted by Gasteiger charge is -2.43. The average molecular weight is 302 g/mol. The minimum atomic E-state index is -2.90. The molecule has 0 amide bonds. The van der Waals surface area contributed by atoms with Crippen molar-refractivity contribution in [1.82, 2.24) is 0 Å². The summed E-state index contributed by atoms with van der Waals surface area (Å²) in [5, 5.41) is 0.639. The molecular formula is C13H16ClNO3S.